The first-order chi connectivity index (χ1) is 13.1. The summed E-state index contributed by atoms with van der Waals surface area (Å²) >= 11 is 0. The number of aryl methyl sites for hydroxylation is 1. The second-order valence-corrected chi connectivity index (χ2v) is 5.92. The maximum atomic E-state index is 12.3. The molecule has 0 aliphatic heterocycles. The van der Waals surface area contributed by atoms with Crippen LogP contribution in [0.5, 0.6) is 5.75 Å². The van der Waals surface area contributed by atoms with Crippen molar-refractivity contribution < 1.29 is 13.9 Å². The van der Waals surface area contributed by atoms with Crippen molar-refractivity contribution in [1.29, 1.82) is 0 Å². The Morgan fingerprint density at radius 1 is 1.19 bits per heavy atom. The van der Waals surface area contributed by atoms with Gasteiger partial charge in [-0.15, -0.1) is 0 Å². The van der Waals surface area contributed by atoms with E-state index in [1.54, 1.807) is 19.2 Å². The Hall–Kier alpha value is -3.29. The molecule has 0 fully saturated rings. The molecule has 0 aliphatic carbocycles. The molecular weight excluding hydrogens is 346 g/mol. The van der Waals surface area contributed by atoms with Crippen LogP contribution >= 0.6 is 0 Å². The number of para-hydroxylation sites is 1. The molecule has 1 aromatic carbocycles. The van der Waals surface area contributed by atoms with Gasteiger partial charge in [-0.05, 0) is 26.0 Å². The van der Waals surface area contributed by atoms with Crippen molar-refractivity contribution in [2.75, 3.05) is 37.4 Å². The van der Waals surface area contributed by atoms with Crippen LogP contribution in [0.1, 0.15) is 23.2 Å². The van der Waals surface area contributed by atoms with Crippen LogP contribution in [0.15, 0.2) is 34.7 Å². The molecule has 0 saturated carbocycles. The van der Waals surface area contributed by atoms with E-state index in [1.165, 1.54) is 0 Å². The molecule has 142 valence electrons. The smallest absolute Gasteiger partial charge is 0.287 e. The van der Waals surface area contributed by atoms with E-state index in [0.29, 0.717) is 36.2 Å². The molecule has 3 aromatic rings. The van der Waals surface area contributed by atoms with Crippen LogP contribution in [0, 0.1) is 6.92 Å². The number of rotatable bonds is 8. The molecule has 0 aliphatic rings. The van der Waals surface area contributed by atoms with Gasteiger partial charge in [0.25, 0.3) is 5.91 Å². The predicted molar refractivity (Wildman–Crippen MR) is 105 cm³/mol. The van der Waals surface area contributed by atoms with Gasteiger partial charge in [-0.25, -0.2) is 4.98 Å². The molecule has 0 radical (unpaired) electrons. The Kier molecular flexibility index (Phi) is 5.75. The monoisotopic (exact) mass is 369 g/mol. The number of methoxy groups -OCH3 is 1. The highest BCUT2D eigenvalue weighted by molar-refractivity contribution is 5.97. The fourth-order valence-corrected chi connectivity index (χ4v) is 2.66. The first-order valence-corrected chi connectivity index (χ1v) is 8.79. The summed E-state index contributed by atoms with van der Waals surface area (Å²) < 4.78 is 10.9. The van der Waals surface area contributed by atoms with Gasteiger partial charge in [0.1, 0.15) is 5.82 Å². The van der Waals surface area contributed by atoms with Crippen molar-refractivity contribution in [3.05, 3.63) is 41.8 Å². The lowest BCUT2D eigenvalue weighted by molar-refractivity contribution is 0.0929. The quantitative estimate of drug-likeness (QED) is 0.525. The number of fused-ring (bicyclic) bond motifs is 1. The summed E-state index contributed by atoms with van der Waals surface area (Å²) in [4.78, 5) is 21.0. The number of ether oxygens (including phenoxy) is 1. The molecule has 3 N–H and O–H groups in total. The maximum absolute atomic E-state index is 12.3. The Bertz CT molecular complexity index is 938. The number of nitrogens with one attached hydrogen (secondary N) is 3. The van der Waals surface area contributed by atoms with E-state index in [0.717, 1.165) is 17.6 Å². The van der Waals surface area contributed by atoms with Gasteiger partial charge in [-0.3, -0.25) is 4.79 Å². The standard InChI is InChI=1S/C19H23N5O3/c1-4-20-19-23-12(2)10-16(24-19)21-8-9-22-18(25)15-11-13-6-5-7-14(26-3)17(13)27-15/h5-7,10-11H,4,8-9H2,1-3H3,(H,22,25)(H2,20,21,23,24). The van der Waals surface area contributed by atoms with Crippen LogP contribution in [0.25, 0.3) is 11.0 Å². The number of aromatic nitrogens is 2. The van der Waals surface area contributed by atoms with Gasteiger partial charge in [0.15, 0.2) is 17.1 Å². The Morgan fingerprint density at radius 3 is 2.81 bits per heavy atom. The van der Waals surface area contributed by atoms with Crippen LogP contribution in [-0.4, -0.2) is 42.6 Å². The zero-order valence-corrected chi connectivity index (χ0v) is 15.6. The van der Waals surface area contributed by atoms with E-state index >= 15 is 0 Å². The summed E-state index contributed by atoms with van der Waals surface area (Å²) in [7, 11) is 1.57. The minimum absolute atomic E-state index is 0.252. The molecule has 8 heteroatoms. The van der Waals surface area contributed by atoms with Crippen molar-refractivity contribution >= 4 is 28.6 Å². The van der Waals surface area contributed by atoms with Gasteiger partial charge in [-0.1, -0.05) is 12.1 Å². The van der Waals surface area contributed by atoms with E-state index in [-0.39, 0.29) is 11.7 Å². The minimum atomic E-state index is -0.276. The largest absolute Gasteiger partial charge is 0.493 e. The van der Waals surface area contributed by atoms with Gasteiger partial charge in [0.2, 0.25) is 5.95 Å². The summed E-state index contributed by atoms with van der Waals surface area (Å²) in [6.07, 6.45) is 0. The lowest BCUT2D eigenvalue weighted by atomic mass is 10.2. The van der Waals surface area contributed by atoms with E-state index in [2.05, 4.69) is 25.9 Å². The van der Waals surface area contributed by atoms with E-state index in [4.69, 9.17) is 9.15 Å². The molecule has 2 heterocycles. The number of benzene rings is 1. The molecule has 0 atom stereocenters. The molecule has 3 rings (SSSR count). The third kappa shape index (κ3) is 4.46. The number of hydrogen-bond acceptors (Lipinski definition) is 7. The zero-order chi connectivity index (χ0) is 19.2. The Labute approximate surface area is 157 Å². The highest BCUT2D eigenvalue weighted by Gasteiger charge is 2.14. The summed E-state index contributed by atoms with van der Waals surface area (Å²) in [5, 5.41) is 9.92. The van der Waals surface area contributed by atoms with E-state index < -0.39 is 0 Å². The summed E-state index contributed by atoms with van der Waals surface area (Å²) in [6.45, 7) is 5.60. The predicted octanol–water partition coefficient (Wildman–Crippen LogP) is 2.81. The number of carbonyl (C=O) groups is 1. The number of furan rings is 1. The lowest BCUT2D eigenvalue weighted by Crippen LogP contribution is -2.28. The Morgan fingerprint density at radius 2 is 2.04 bits per heavy atom. The van der Waals surface area contributed by atoms with Crippen molar-refractivity contribution in [1.82, 2.24) is 15.3 Å². The number of anilines is 2. The van der Waals surface area contributed by atoms with Crippen molar-refractivity contribution in [3.8, 4) is 5.75 Å². The average molecular weight is 369 g/mol. The third-order valence-corrected chi connectivity index (χ3v) is 3.86. The van der Waals surface area contributed by atoms with Crippen LogP contribution in [0.2, 0.25) is 0 Å². The van der Waals surface area contributed by atoms with Crippen molar-refractivity contribution in [2.45, 2.75) is 13.8 Å². The second kappa shape index (κ2) is 8.39. The Balaban J connectivity index is 1.56. The molecule has 8 nitrogen and oxygen atoms in total. The van der Waals surface area contributed by atoms with Crippen LogP contribution in [-0.2, 0) is 0 Å². The highest BCUT2D eigenvalue weighted by Crippen LogP contribution is 2.28. The number of hydrogen-bond donors (Lipinski definition) is 3. The summed E-state index contributed by atoms with van der Waals surface area (Å²) in [5.74, 6) is 1.87. The average Bonchev–Trinajstić information content (AvgIpc) is 3.09. The molecule has 0 bridgehead atoms. The highest BCUT2D eigenvalue weighted by atomic mass is 16.5. The van der Waals surface area contributed by atoms with E-state index in [1.807, 2.05) is 32.0 Å². The van der Waals surface area contributed by atoms with Gasteiger partial charge in [-0.2, -0.15) is 4.98 Å². The first kappa shape index (κ1) is 18.5. The molecule has 0 saturated heterocycles. The van der Waals surface area contributed by atoms with Crippen LogP contribution < -0.4 is 20.7 Å². The van der Waals surface area contributed by atoms with Crippen LogP contribution in [0.3, 0.4) is 0 Å². The first-order valence-electron chi connectivity index (χ1n) is 8.79. The number of amides is 1. The number of carbonyl (C=O) groups excluding carboxylic acids is 1. The van der Waals surface area contributed by atoms with Gasteiger partial charge in [0.05, 0.1) is 7.11 Å². The maximum Gasteiger partial charge on any atom is 0.287 e. The van der Waals surface area contributed by atoms with Crippen molar-refractivity contribution in [3.63, 3.8) is 0 Å². The minimum Gasteiger partial charge on any atom is -0.493 e. The molecule has 0 unspecified atom stereocenters. The second-order valence-electron chi connectivity index (χ2n) is 5.92. The third-order valence-electron chi connectivity index (χ3n) is 3.86. The van der Waals surface area contributed by atoms with Crippen molar-refractivity contribution in [2.24, 2.45) is 0 Å². The molecule has 27 heavy (non-hydrogen) atoms. The van der Waals surface area contributed by atoms with E-state index in [9.17, 15) is 4.79 Å². The molecular formula is C19H23N5O3. The normalized spacial score (nSPS) is 10.6. The SMILES string of the molecule is CCNc1nc(C)cc(NCCNC(=O)c2cc3cccc(OC)c3o2)n1. The molecule has 1 amide bonds. The van der Waals surface area contributed by atoms with Gasteiger partial charge >= 0.3 is 0 Å². The van der Waals surface area contributed by atoms with Gasteiger partial charge < -0.3 is 25.1 Å². The van der Waals surface area contributed by atoms with Gasteiger partial charge in [0, 0.05) is 36.8 Å². The lowest BCUT2D eigenvalue weighted by Gasteiger charge is -2.09. The molecule has 2 aromatic heterocycles. The fraction of sp³-hybridized carbons (Fsp3) is 0.316. The zero-order valence-electron chi connectivity index (χ0n) is 15.6. The molecule has 0 spiro atoms. The fourth-order valence-electron chi connectivity index (χ4n) is 2.66. The topological polar surface area (TPSA) is 101 Å². The van der Waals surface area contributed by atoms with Crippen LogP contribution in [0.4, 0.5) is 11.8 Å². The summed E-state index contributed by atoms with van der Waals surface area (Å²) in [6, 6.07) is 9.08. The summed E-state index contributed by atoms with van der Waals surface area (Å²) in [5.41, 5.74) is 1.43. The number of nitrogens with zero attached hydrogens (tertiary/aromatic N) is 2.